The summed E-state index contributed by atoms with van der Waals surface area (Å²) in [5.74, 6) is 1.34. The van der Waals surface area contributed by atoms with Crippen LogP contribution in [0.15, 0.2) is 6.33 Å². The second-order valence-electron chi connectivity index (χ2n) is 8.91. The number of nitrogens with one attached hydrogen (secondary N) is 1. The number of thiophene rings is 1. The quantitative estimate of drug-likeness (QED) is 0.813. The van der Waals surface area contributed by atoms with Crippen LogP contribution in [-0.2, 0) is 17.6 Å². The molecule has 1 saturated heterocycles. The van der Waals surface area contributed by atoms with Gasteiger partial charge >= 0.3 is 0 Å². The molecule has 3 heterocycles. The first-order valence-electron chi connectivity index (χ1n) is 11.2. The average molecular weight is 414 g/mol. The van der Waals surface area contributed by atoms with Crippen LogP contribution in [0, 0.1) is 0 Å². The highest BCUT2D eigenvalue weighted by molar-refractivity contribution is 7.19. The number of anilines is 1. The summed E-state index contributed by atoms with van der Waals surface area (Å²) >= 11 is 1.85. The van der Waals surface area contributed by atoms with Gasteiger partial charge in [-0.15, -0.1) is 11.3 Å². The van der Waals surface area contributed by atoms with Gasteiger partial charge in [-0.3, -0.25) is 9.69 Å². The molecule has 2 aromatic rings. The third-order valence-electron chi connectivity index (χ3n) is 7.01. The molecule has 0 unspecified atom stereocenters. The molecule has 1 aliphatic heterocycles. The highest BCUT2D eigenvalue weighted by Gasteiger charge is 2.28. The number of hydrogen-bond acceptors (Lipinski definition) is 6. The molecule has 0 radical (unpaired) electrons. The van der Waals surface area contributed by atoms with E-state index in [1.54, 1.807) is 6.33 Å². The summed E-state index contributed by atoms with van der Waals surface area (Å²) in [6.07, 6.45) is 12.2. The molecule has 2 aliphatic carbocycles. The van der Waals surface area contributed by atoms with Crippen molar-refractivity contribution in [2.45, 2.75) is 69.9 Å². The Labute approximate surface area is 176 Å². The van der Waals surface area contributed by atoms with Crippen LogP contribution in [0.2, 0.25) is 0 Å². The summed E-state index contributed by atoms with van der Waals surface area (Å²) in [5.41, 5.74) is 1.49. The zero-order valence-electron chi connectivity index (χ0n) is 17.3. The Morgan fingerprint density at radius 1 is 1.17 bits per heavy atom. The van der Waals surface area contributed by atoms with Gasteiger partial charge in [-0.2, -0.15) is 0 Å². The van der Waals surface area contributed by atoms with Gasteiger partial charge in [0.15, 0.2) is 0 Å². The number of carbonyl (C=O) groups excluding carboxylic acids is 1. The van der Waals surface area contributed by atoms with Crippen molar-refractivity contribution in [3.8, 4) is 0 Å². The Hall–Kier alpha value is -1.73. The molecule has 29 heavy (non-hydrogen) atoms. The van der Waals surface area contributed by atoms with Crippen LogP contribution in [0.3, 0.4) is 0 Å². The molecule has 156 valence electrons. The summed E-state index contributed by atoms with van der Waals surface area (Å²) in [6, 6.07) is 0.972. The highest BCUT2D eigenvalue weighted by Crippen LogP contribution is 2.39. The molecule has 1 amide bonds. The number of amides is 1. The molecular weight excluding hydrogens is 382 g/mol. The summed E-state index contributed by atoms with van der Waals surface area (Å²) in [5, 5.41) is 5.02. The van der Waals surface area contributed by atoms with Crippen molar-refractivity contribution in [1.29, 1.82) is 0 Å². The Kier molecular flexibility index (Phi) is 5.43. The van der Waals surface area contributed by atoms with E-state index in [2.05, 4.69) is 27.2 Å². The Morgan fingerprint density at radius 2 is 1.97 bits per heavy atom. The number of hydrogen-bond donors (Lipinski definition) is 1. The monoisotopic (exact) mass is 413 g/mol. The lowest BCUT2D eigenvalue weighted by atomic mass is 9.90. The fraction of sp³-hybridized carbons (Fsp3) is 0.682. The number of aryl methyl sites for hydroxylation is 2. The number of likely N-dealkylation sites (tertiary alicyclic amines) is 1. The van der Waals surface area contributed by atoms with E-state index in [4.69, 9.17) is 0 Å². The van der Waals surface area contributed by atoms with E-state index in [0.717, 1.165) is 62.3 Å². The first kappa shape index (κ1) is 19.2. The first-order chi connectivity index (χ1) is 14.2. The molecule has 2 aromatic heterocycles. The summed E-state index contributed by atoms with van der Waals surface area (Å²) in [4.78, 5) is 28.6. The fourth-order valence-electron chi connectivity index (χ4n) is 5.30. The summed E-state index contributed by atoms with van der Waals surface area (Å²) < 4.78 is 0. The van der Waals surface area contributed by atoms with Gasteiger partial charge in [0.1, 0.15) is 17.0 Å². The van der Waals surface area contributed by atoms with Crippen molar-refractivity contribution in [1.82, 2.24) is 19.8 Å². The number of nitrogens with zero attached hydrogens (tertiary/aromatic N) is 4. The van der Waals surface area contributed by atoms with E-state index in [9.17, 15) is 4.79 Å². The lowest BCUT2D eigenvalue weighted by Gasteiger charge is -2.35. The molecule has 0 bridgehead atoms. The van der Waals surface area contributed by atoms with Crippen LogP contribution in [0.1, 0.15) is 55.4 Å². The van der Waals surface area contributed by atoms with Crippen molar-refractivity contribution >= 4 is 33.3 Å². The van der Waals surface area contributed by atoms with E-state index in [-0.39, 0.29) is 0 Å². The molecule has 0 atom stereocenters. The largest absolute Gasteiger partial charge is 0.367 e. The topological polar surface area (TPSA) is 61.4 Å². The van der Waals surface area contributed by atoms with Gasteiger partial charge in [0.25, 0.3) is 0 Å². The Bertz CT molecular complexity index is 883. The van der Waals surface area contributed by atoms with E-state index < -0.39 is 0 Å². The van der Waals surface area contributed by atoms with E-state index in [1.165, 1.54) is 35.1 Å². The van der Waals surface area contributed by atoms with Gasteiger partial charge in [-0.05, 0) is 70.4 Å². The van der Waals surface area contributed by atoms with E-state index >= 15 is 0 Å². The lowest BCUT2D eigenvalue weighted by Crippen LogP contribution is -2.44. The molecule has 1 N–H and O–H groups in total. The predicted octanol–water partition coefficient (Wildman–Crippen LogP) is 3.46. The summed E-state index contributed by atoms with van der Waals surface area (Å²) in [6.45, 7) is 2.46. The van der Waals surface area contributed by atoms with Gasteiger partial charge in [-0.25, -0.2) is 9.97 Å². The minimum absolute atomic E-state index is 0.305. The number of fused-ring (bicyclic) bond motifs is 3. The maximum absolute atomic E-state index is 12.5. The maximum Gasteiger partial charge on any atom is 0.236 e. The predicted molar refractivity (Wildman–Crippen MR) is 118 cm³/mol. The van der Waals surface area contributed by atoms with Crippen LogP contribution in [0.5, 0.6) is 0 Å². The average Bonchev–Trinajstić information content (AvgIpc) is 3.46. The van der Waals surface area contributed by atoms with Crippen molar-refractivity contribution in [2.24, 2.45) is 0 Å². The van der Waals surface area contributed by atoms with Gasteiger partial charge in [0.05, 0.1) is 11.9 Å². The fourth-order valence-corrected chi connectivity index (χ4v) is 6.53. The maximum atomic E-state index is 12.5. The normalized spacial score (nSPS) is 24.4. The highest BCUT2D eigenvalue weighted by atomic mass is 32.1. The van der Waals surface area contributed by atoms with Gasteiger partial charge in [0.2, 0.25) is 5.91 Å². The minimum atomic E-state index is 0.305. The zero-order valence-corrected chi connectivity index (χ0v) is 18.1. The number of carbonyl (C=O) groups is 1. The third kappa shape index (κ3) is 3.87. The van der Waals surface area contributed by atoms with Crippen LogP contribution >= 0.6 is 11.3 Å². The first-order valence-corrected chi connectivity index (χ1v) is 12.0. The molecule has 0 aromatic carbocycles. The van der Waals surface area contributed by atoms with E-state index in [1.807, 2.05) is 16.2 Å². The van der Waals surface area contributed by atoms with E-state index in [0.29, 0.717) is 24.5 Å². The molecule has 3 aliphatic rings. The molecule has 6 nitrogen and oxygen atoms in total. The van der Waals surface area contributed by atoms with Gasteiger partial charge in [-0.1, -0.05) is 0 Å². The molecular formula is C22H31N5OS. The van der Waals surface area contributed by atoms with Gasteiger partial charge < -0.3 is 10.2 Å². The molecule has 1 saturated carbocycles. The lowest BCUT2D eigenvalue weighted by molar-refractivity contribution is -0.131. The second kappa shape index (κ2) is 8.19. The van der Waals surface area contributed by atoms with Crippen LogP contribution < -0.4 is 5.32 Å². The van der Waals surface area contributed by atoms with Crippen LogP contribution in [0.4, 0.5) is 5.82 Å². The zero-order chi connectivity index (χ0) is 19.8. The number of likely N-dealkylation sites (N-methyl/N-ethyl adjacent to an activating group) is 1. The molecule has 5 rings (SSSR count). The van der Waals surface area contributed by atoms with Crippen molar-refractivity contribution < 1.29 is 4.79 Å². The third-order valence-corrected chi connectivity index (χ3v) is 8.21. The molecule has 2 fully saturated rings. The number of aromatic nitrogens is 2. The van der Waals surface area contributed by atoms with Crippen molar-refractivity contribution in [3.63, 3.8) is 0 Å². The minimum Gasteiger partial charge on any atom is -0.367 e. The SMILES string of the molecule is CN(CC(=O)N1CCCC1)[C@H]1CC[C@H](Nc2ncnc3sc4c(c23)CCC4)CC1. The summed E-state index contributed by atoms with van der Waals surface area (Å²) in [7, 11) is 2.12. The smallest absolute Gasteiger partial charge is 0.236 e. The Morgan fingerprint density at radius 3 is 2.76 bits per heavy atom. The number of rotatable bonds is 5. The Balaban J connectivity index is 1.18. The van der Waals surface area contributed by atoms with Crippen molar-refractivity contribution in [3.05, 3.63) is 16.8 Å². The van der Waals surface area contributed by atoms with Crippen LogP contribution in [-0.4, -0.2) is 64.4 Å². The standard InChI is InChI=1S/C22H31N5OS/c1-26(13-19(28)27-11-2-3-12-27)16-9-7-15(8-10-16)25-21-20-17-5-4-6-18(17)29-22(20)24-14-23-21/h14-16H,2-13H2,1H3,(H,23,24,25)/t15-,16-. The van der Waals surface area contributed by atoms with Gasteiger partial charge in [0, 0.05) is 30.1 Å². The molecule has 7 heteroatoms. The van der Waals surface area contributed by atoms with Crippen LogP contribution in [0.25, 0.3) is 10.2 Å². The van der Waals surface area contributed by atoms with Crippen molar-refractivity contribution in [2.75, 3.05) is 32.0 Å². The molecule has 0 spiro atoms. The second-order valence-corrected chi connectivity index (χ2v) is 10.00.